The highest BCUT2D eigenvalue weighted by Gasteiger charge is 2.16. The van der Waals surface area contributed by atoms with Crippen LogP contribution >= 0.6 is 11.8 Å². The van der Waals surface area contributed by atoms with Crippen molar-refractivity contribution >= 4 is 29.3 Å². The summed E-state index contributed by atoms with van der Waals surface area (Å²) < 4.78 is 12.1. The van der Waals surface area contributed by atoms with Gasteiger partial charge in [-0.3, -0.25) is 4.79 Å². The highest BCUT2D eigenvalue weighted by Crippen LogP contribution is 2.25. The van der Waals surface area contributed by atoms with Gasteiger partial charge in [0.05, 0.1) is 29.7 Å². The first-order valence-electron chi connectivity index (χ1n) is 8.63. The molecular weight excluding hydrogens is 380 g/mol. The molecule has 0 saturated heterocycles. The van der Waals surface area contributed by atoms with Gasteiger partial charge in [0.25, 0.3) is 0 Å². The van der Waals surface area contributed by atoms with Gasteiger partial charge in [-0.1, -0.05) is 11.8 Å². The van der Waals surface area contributed by atoms with Gasteiger partial charge in [-0.2, -0.15) is 0 Å². The molecule has 8 nitrogen and oxygen atoms in total. The van der Waals surface area contributed by atoms with Crippen molar-refractivity contribution < 1.29 is 18.7 Å². The third kappa shape index (κ3) is 4.42. The lowest BCUT2D eigenvalue weighted by atomic mass is 10.2. The number of hydrogen-bond acceptors (Lipinski definition) is 7. The van der Waals surface area contributed by atoms with Crippen molar-refractivity contribution in [3.8, 4) is 11.4 Å². The molecule has 0 fully saturated rings. The molecule has 2 aromatic heterocycles. The van der Waals surface area contributed by atoms with Crippen molar-refractivity contribution in [2.24, 2.45) is 7.05 Å². The summed E-state index contributed by atoms with van der Waals surface area (Å²) in [5.74, 6) is 1.05. The molecule has 0 unspecified atom stereocenters. The Morgan fingerprint density at radius 1 is 1.21 bits per heavy atom. The highest BCUT2D eigenvalue weighted by molar-refractivity contribution is 7.99. The summed E-state index contributed by atoms with van der Waals surface area (Å²) in [6.45, 7) is 3.93. The van der Waals surface area contributed by atoms with Crippen LogP contribution in [0.25, 0.3) is 11.4 Å². The van der Waals surface area contributed by atoms with E-state index in [1.807, 2.05) is 24.6 Å². The molecule has 1 amide bonds. The molecule has 0 bridgehead atoms. The predicted molar refractivity (Wildman–Crippen MR) is 105 cm³/mol. The van der Waals surface area contributed by atoms with Crippen LogP contribution in [0.15, 0.2) is 46.2 Å². The molecule has 0 atom stereocenters. The first-order chi connectivity index (χ1) is 13.5. The average molecular weight is 400 g/mol. The van der Waals surface area contributed by atoms with E-state index in [2.05, 4.69) is 15.5 Å². The second-order valence-corrected chi connectivity index (χ2v) is 6.83. The number of amides is 1. The number of thioether (sulfide) groups is 1. The van der Waals surface area contributed by atoms with Crippen LogP contribution in [-0.4, -0.2) is 39.0 Å². The van der Waals surface area contributed by atoms with Crippen molar-refractivity contribution in [2.75, 3.05) is 17.7 Å². The quantitative estimate of drug-likeness (QED) is 0.480. The number of carbonyl (C=O) groups is 2. The van der Waals surface area contributed by atoms with Gasteiger partial charge in [0.2, 0.25) is 5.91 Å². The molecule has 0 aliphatic rings. The lowest BCUT2D eigenvalue weighted by molar-refractivity contribution is -0.113. The van der Waals surface area contributed by atoms with E-state index in [1.165, 1.54) is 11.8 Å². The van der Waals surface area contributed by atoms with E-state index < -0.39 is 0 Å². The zero-order valence-electron chi connectivity index (χ0n) is 15.8. The van der Waals surface area contributed by atoms with Crippen LogP contribution in [0.5, 0.6) is 0 Å². The Balaban J connectivity index is 1.57. The number of aromatic nitrogens is 3. The second kappa shape index (κ2) is 8.75. The zero-order valence-corrected chi connectivity index (χ0v) is 16.6. The molecule has 0 aliphatic heterocycles. The normalized spacial score (nSPS) is 10.7. The Morgan fingerprint density at radius 2 is 1.96 bits per heavy atom. The number of hydrogen-bond donors (Lipinski definition) is 1. The second-order valence-electron chi connectivity index (χ2n) is 5.89. The third-order valence-electron chi connectivity index (χ3n) is 3.95. The fourth-order valence-electron chi connectivity index (χ4n) is 2.52. The summed E-state index contributed by atoms with van der Waals surface area (Å²) in [6, 6.07) is 8.39. The minimum Gasteiger partial charge on any atom is -0.469 e. The first kappa shape index (κ1) is 19.7. The number of aryl methyl sites for hydroxylation is 1. The van der Waals surface area contributed by atoms with Crippen LogP contribution < -0.4 is 5.32 Å². The largest absolute Gasteiger partial charge is 0.469 e. The maximum absolute atomic E-state index is 12.2. The van der Waals surface area contributed by atoms with Crippen molar-refractivity contribution in [2.45, 2.75) is 19.0 Å². The van der Waals surface area contributed by atoms with Crippen molar-refractivity contribution in [3.05, 3.63) is 47.9 Å². The van der Waals surface area contributed by atoms with Gasteiger partial charge in [-0.15, -0.1) is 10.2 Å². The molecule has 146 valence electrons. The summed E-state index contributed by atoms with van der Waals surface area (Å²) in [7, 11) is 1.84. The van der Waals surface area contributed by atoms with E-state index in [9.17, 15) is 9.59 Å². The van der Waals surface area contributed by atoms with Crippen LogP contribution in [0.2, 0.25) is 0 Å². The van der Waals surface area contributed by atoms with Crippen molar-refractivity contribution in [3.63, 3.8) is 0 Å². The van der Waals surface area contributed by atoms with Gasteiger partial charge in [0.15, 0.2) is 11.0 Å². The molecule has 0 aliphatic carbocycles. The van der Waals surface area contributed by atoms with Crippen LogP contribution in [0.4, 0.5) is 5.69 Å². The van der Waals surface area contributed by atoms with E-state index in [0.717, 1.165) is 11.3 Å². The van der Waals surface area contributed by atoms with E-state index in [1.54, 1.807) is 37.5 Å². The smallest absolute Gasteiger partial charge is 0.338 e. The number of anilines is 1. The van der Waals surface area contributed by atoms with Crippen LogP contribution in [0.3, 0.4) is 0 Å². The fourth-order valence-corrected chi connectivity index (χ4v) is 3.23. The number of furan rings is 1. The molecule has 0 saturated carbocycles. The maximum atomic E-state index is 12.2. The zero-order chi connectivity index (χ0) is 20.1. The number of rotatable bonds is 7. The topological polar surface area (TPSA) is 99.2 Å². The Labute approximate surface area is 166 Å². The lowest BCUT2D eigenvalue weighted by Crippen LogP contribution is -2.14. The van der Waals surface area contributed by atoms with Gasteiger partial charge in [0, 0.05) is 12.7 Å². The first-order valence-corrected chi connectivity index (χ1v) is 9.61. The molecule has 1 aromatic carbocycles. The molecular formula is C19H20N4O4S. The van der Waals surface area contributed by atoms with Crippen LogP contribution in [0, 0.1) is 6.92 Å². The Morgan fingerprint density at radius 3 is 2.61 bits per heavy atom. The maximum Gasteiger partial charge on any atom is 0.338 e. The number of carbonyl (C=O) groups excluding carboxylic acids is 2. The van der Waals surface area contributed by atoms with E-state index in [-0.39, 0.29) is 17.6 Å². The predicted octanol–water partition coefficient (Wildman–Crippen LogP) is 3.29. The van der Waals surface area contributed by atoms with Crippen LogP contribution in [0.1, 0.15) is 23.0 Å². The molecule has 2 heterocycles. The van der Waals surface area contributed by atoms with Gasteiger partial charge >= 0.3 is 5.97 Å². The summed E-state index contributed by atoms with van der Waals surface area (Å²) in [6.07, 6.45) is 1.60. The monoisotopic (exact) mass is 400 g/mol. The van der Waals surface area contributed by atoms with Gasteiger partial charge in [-0.25, -0.2) is 4.79 Å². The minimum atomic E-state index is -0.387. The Hall–Kier alpha value is -3.07. The summed E-state index contributed by atoms with van der Waals surface area (Å²) in [5, 5.41) is 11.7. The van der Waals surface area contributed by atoms with E-state index in [4.69, 9.17) is 9.15 Å². The number of benzene rings is 1. The molecule has 28 heavy (non-hydrogen) atoms. The minimum absolute atomic E-state index is 0.177. The number of nitrogens with one attached hydrogen (secondary N) is 1. The number of esters is 1. The Kier molecular flexibility index (Phi) is 6.15. The highest BCUT2D eigenvalue weighted by atomic mass is 32.2. The van der Waals surface area contributed by atoms with Gasteiger partial charge in [-0.05, 0) is 44.2 Å². The summed E-state index contributed by atoms with van der Waals surface area (Å²) in [4.78, 5) is 23.9. The fraction of sp³-hybridized carbons (Fsp3) is 0.263. The third-order valence-corrected chi connectivity index (χ3v) is 4.97. The van der Waals surface area contributed by atoms with E-state index in [0.29, 0.717) is 28.8 Å². The average Bonchev–Trinajstić information content (AvgIpc) is 3.26. The lowest BCUT2D eigenvalue weighted by Gasteiger charge is -2.07. The molecule has 9 heteroatoms. The van der Waals surface area contributed by atoms with Crippen molar-refractivity contribution in [1.82, 2.24) is 14.8 Å². The molecule has 1 N–H and O–H groups in total. The van der Waals surface area contributed by atoms with E-state index >= 15 is 0 Å². The van der Waals surface area contributed by atoms with Gasteiger partial charge < -0.3 is 19.0 Å². The van der Waals surface area contributed by atoms with Crippen LogP contribution in [-0.2, 0) is 16.6 Å². The standard InChI is InChI=1S/C19H20N4O4S/c1-4-26-18(25)13-5-7-14(8-6-13)20-16(24)11-28-19-22-21-17(23(19)3)15-9-10-27-12(15)2/h5-10H,4,11H2,1-3H3,(H,20,24). The van der Waals surface area contributed by atoms with Crippen molar-refractivity contribution in [1.29, 1.82) is 0 Å². The SMILES string of the molecule is CCOC(=O)c1ccc(NC(=O)CSc2nnc(-c3ccoc3C)n2C)cc1. The molecule has 3 aromatic rings. The number of ether oxygens (including phenoxy) is 1. The molecule has 0 spiro atoms. The summed E-state index contributed by atoms with van der Waals surface area (Å²) >= 11 is 1.29. The van der Waals surface area contributed by atoms with Gasteiger partial charge in [0.1, 0.15) is 5.76 Å². The summed E-state index contributed by atoms with van der Waals surface area (Å²) in [5.41, 5.74) is 1.91. The number of nitrogens with zero attached hydrogens (tertiary/aromatic N) is 3. The molecule has 3 rings (SSSR count). The molecule has 0 radical (unpaired) electrons. The Bertz CT molecular complexity index is 978.